The summed E-state index contributed by atoms with van der Waals surface area (Å²) in [5, 5.41) is 0. The van der Waals surface area contributed by atoms with Gasteiger partial charge in [0.1, 0.15) is 0 Å². The zero-order chi connectivity index (χ0) is 11.3. The van der Waals surface area contributed by atoms with E-state index >= 15 is 0 Å². The summed E-state index contributed by atoms with van der Waals surface area (Å²) in [6, 6.07) is 3.55. The summed E-state index contributed by atoms with van der Waals surface area (Å²) in [5.41, 5.74) is 0. The predicted molar refractivity (Wildman–Crippen MR) is 60.0 cm³/mol. The van der Waals surface area contributed by atoms with Gasteiger partial charge in [-0.15, -0.1) is 11.3 Å². The summed E-state index contributed by atoms with van der Waals surface area (Å²) in [5.74, 6) is -0.328. The van der Waals surface area contributed by atoms with Crippen LogP contribution in [-0.4, -0.2) is 18.4 Å². The van der Waals surface area contributed by atoms with E-state index in [0.717, 1.165) is 4.88 Å². The highest BCUT2D eigenvalue weighted by Crippen LogP contribution is 2.18. The molecule has 15 heavy (non-hydrogen) atoms. The number of ether oxygens (including phenoxy) is 1. The van der Waals surface area contributed by atoms with E-state index in [2.05, 4.69) is 0 Å². The lowest BCUT2D eigenvalue weighted by molar-refractivity contribution is -0.137. The van der Waals surface area contributed by atoms with Crippen LogP contribution in [0.2, 0.25) is 0 Å². The molecule has 1 aromatic rings. The molecule has 1 aromatic heterocycles. The minimum Gasteiger partial charge on any atom is -0.463 e. The Hall–Kier alpha value is -1.42. The molecule has 0 atom stereocenters. The van der Waals surface area contributed by atoms with Crippen molar-refractivity contribution >= 4 is 29.2 Å². The molecular formula is C11H12O3S. The maximum atomic E-state index is 11.0. The van der Waals surface area contributed by atoms with Gasteiger partial charge in [0, 0.05) is 11.0 Å². The topological polar surface area (TPSA) is 43.4 Å². The molecule has 0 N–H and O–H groups in total. The van der Waals surface area contributed by atoms with Crippen LogP contribution in [0.25, 0.3) is 6.08 Å². The average molecular weight is 224 g/mol. The van der Waals surface area contributed by atoms with Gasteiger partial charge in [-0.3, -0.25) is 4.79 Å². The van der Waals surface area contributed by atoms with E-state index in [9.17, 15) is 9.59 Å². The Bertz CT molecular complexity index is 390. The highest BCUT2D eigenvalue weighted by molar-refractivity contribution is 7.14. The van der Waals surface area contributed by atoms with Crippen LogP contribution in [0.1, 0.15) is 28.4 Å². The minimum absolute atomic E-state index is 0.0378. The molecule has 0 saturated carbocycles. The minimum atomic E-state index is -0.365. The highest BCUT2D eigenvalue weighted by atomic mass is 32.1. The molecule has 0 saturated heterocycles. The third-order valence-corrected chi connectivity index (χ3v) is 2.80. The first-order valence-corrected chi connectivity index (χ1v) is 5.40. The van der Waals surface area contributed by atoms with Crippen LogP contribution >= 0.6 is 11.3 Å². The van der Waals surface area contributed by atoms with E-state index in [1.165, 1.54) is 24.3 Å². The van der Waals surface area contributed by atoms with Gasteiger partial charge in [-0.2, -0.15) is 0 Å². The molecule has 3 nitrogen and oxygen atoms in total. The molecule has 1 rings (SSSR count). The van der Waals surface area contributed by atoms with Gasteiger partial charge in [-0.25, -0.2) is 4.79 Å². The van der Waals surface area contributed by atoms with Gasteiger partial charge >= 0.3 is 5.97 Å². The van der Waals surface area contributed by atoms with Crippen molar-refractivity contribution in [2.75, 3.05) is 6.61 Å². The zero-order valence-electron chi connectivity index (χ0n) is 8.65. The number of hydrogen-bond acceptors (Lipinski definition) is 4. The lowest BCUT2D eigenvalue weighted by Gasteiger charge is -1.93. The van der Waals surface area contributed by atoms with Gasteiger partial charge in [0.15, 0.2) is 5.78 Å². The molecule has 0 aliphatic heterocycles. The highest BCUT2D eigenvalue weighted by Gasteiger charge is 2.02. The fourth-order valence-corrected chi connectivity index (χ4v) is 1.78. The van der Waals surface area contributed by atoms with Gasteiger partial charge in [0.05, 0.1) is 11.5 Å². The standard InChI is InChI=1S/C11H12O3S/c1-3-14-11(13)7-5-9-4-6-10(15-9)8(2)12/h4-7H,3H2,1-2H3. The molecule has 0 aliphatic carbocycles. The monoisotopic (exact) mass is 224 g/mol. The molecule has 0 unspecified atom stereocenters. The van der Waals surface area contributed by atoms with Crippen LogP contribution in [0, 0.1) is 0 Å². The summed E-state index contributed by atoms with van der Waals surface area (Å²) in [6.07, 6.45) is 3.01. The summed E-state index contributed by atoms with van der Waals surface area (Å²) in [7, 11) is 0. The summed E-state index contributed by atoms with van der Waals surface area (Å²) in [4.78, 5) is 23.5. The first kappa shape index (κ1) is 11.7. The molecule has 80 valence electrons. The number of rotatable bonds is 4. The average Bonchev–Trinajstić information content (AvgIpc) is 2.63. The molecule has 0 aliphatic rings. The Morgan fingerprint density at radius 1 is 1.47 bits per heavy atom. The van der Waals surface area contributed by atoms with Crippen LogP contribution in [0.15, 0.2) is 18.2 Å². The number of carbonyl (C=O) groups is 2. The van der Waals surface area contributed by atoms with Crippen molar-refractivity contribution < 1.29 is 14.3 Å². The van der Waals surface area contributed by atoms with E-state index < -0.39 is 0 Å². The number of ketones is 1. The maximum Gasteiger partial charge on any atom is 0.330 e. The summed E-state index contributed by atoms with van der Waals surface area (Å²) >= 11 is 1.36. The lowest BCUT2D eigenvalue weighted by Crippen LogP contribution is -1.98. The second-order valence-corrected chi connectivity index (χ2v) is 3.96. The van der Waals surface area contributed by atoms with E-state index in [-0.39, 0.29) is 11.8 Å². The molecular weight excluding hydrogens is 212 g/mol. The van der Waals surface area contributed by atoms with Crippen molar-refractivity contribution in [1.29, 1.82) is 0 Å². The quantitative estimate of drug-likeness (QED) is 0.448. The Morgan fingerprint density at radius 3 is 2.73 bits per heavy atom. The van der Waals surface area contributed by atoms with Crippen LogP contribution in [0.5, 0.6) is 0 Å². The SMILES string of the molecule is CCOC(=O)C=Cc1ccc(C(C)=O)s1. The zero-order valence-corrected chi connectivity index (χ0v) is 9.47. The molecule has 0 aromatic carbocycles. The van der Waals surface area contributed by atoms with Crippen molar-refractivity contribution in [1.82, 2.24) is 0 Å². The predicted octanol–water partition coefficient (Wildman–Crippen LogP) is 2.53. The third-order valence-electron chi connectivity index (χ3n) is 1.64. The van der Waals surface area contributed by atoms with Crippen molar-refractivity contribution in [3.63, 3.8) is 0 Å². The summed E-state index contributed by atoms with van der Waals surface area (Å²) < 4.78 is 4.73. The number of hydrogen-bond donors (Lipinski definition) is 0. The first-order chi connectivity index (χ1) is 7.13. The normalized spacial score (nSPS) is 10.5. The molecule has 0 spiro atoms. The van der Waals surface area contributed by atoms with E-state index in [4.69, 9.17) is 4.74 Å². The van der Waals surface area contributed by atoms with E-state index in [1.807, 2.05) is 0 Å². The van der Waals surface area contributed by atoms with Crippen LogP contribution in [-0.2, 0) is 9.53 Å². The van der Waals surface area contributed by atoms with Crippen LogP contribution < -0.4 is 0 Å². The number of carbonyl (C=O) groups excluding carboxylic acids is 2. The van der Waals surface area contributed by atoms with Crippen LogP contribution in [0.3, 0.4) is 0 Å². The molecule has 0 amide bonds. The smallest absolute Gasteiger partial charge is 0.330 e. The number of Topliss-reactive ketones (excluding diaryl/α,β-unsaturated/α-hetero) is 1. The van der Waals surface area contributed by atoms with Gasteiger partial charge in [0.25, 0.3) is 0 Å². The lowest BCUT2D eigenvalue weighted by atomic mass is 10.3. The second kappa shape index (κ2) is 5.46. The third kappa shape index (κ3) is 3.67. The molecule has 4 heteroatoms. The second-order valence-electron chi connectivity index (χ2n) is 2.84. The molecule has 0 bridgehead atoms. The Morgan fingerprint density at radius 2 is 2.20 bits per heavy atom. The Kier molecular flexibility index (Phi) is 4.24. The van der Waals surface area contributed by atoms with Crippen molar-refractivity contribution in [3.05, 3.63) is 28.0 Å². The van der Waals surface area contributed by atoms with Gasteiger partial charge in [0.2, 0.25) is 0 Å². The Balaban J connectivity index is 2.64. The van der Waals surface area contributed by atoms with Crippen molar-refractivity contribution in [2.45, 2.75) is 13.8 Å². The fourth-order valence-electron chi connectivity index (χ4n) is 0.972. The summed E-state index contributed by atoms with van der Waals surface area (Å²) in [6.45, 7) is 3.64. The van der Waals surface area contributed by atoms with Gasteiger partial charge in [-0.1, -0.05) is 0 Å². The molecule has 0 fully saturated rings. The van der Waals surface area contributed by atoms with Crippen molar-refractivity contribution in [2.24, 2.45) is 0 Å². The number of esters is 1. The van der Waals surface area contributed by atoms with E-state index in [1.54, 1.807) is 25.1 Å². The van der Waals surface area contributed by atoms with Crippen LogP contribution in [0.4, 0.5) is 0 Å². The van der Waals surface area contributed by atoms with Gasteiger partial charge in [-0.05, 0) is 32.1 Å². The molecule has 1 heterocycles. The van der Waals surface area contributed by atoms with Gasteiger partial charge < -0.3 is 4.74 Å². The van der Waals surface area contributed by atoms with Crippen molar-refractivity contribution in [3.8, 4) is 0 Å². The first-order valence-electron chi connectivity index (χ1n) is 4.59. The number of thiophene rings is 1. The van der Waals surface area contributed by atoms with E-state index in [0.29, 0.717) is 11.5 Å². The fraction of sp³-hybridized carbons (Fsp3) is 0.273. The largest absolute Gasteiger partial charge is 0.463 e. The maximum absolute atomic E-state index is 11.0. The Labute approximate surface area is 92.4 Å². The molecule has 0 radical (unpaired) electrons.